The third-order valence-corrected chi connectivity index (χ3v) is 4.26. The van der Waals surface area contributed by atoms with E-state index in [0.29, 0.717) is 5.96 Å². The fourth-order valence-electron chi connectivity index (χ4n) is 2.90. The van der Waals surface area contributed by atoms with E-state index in [2.05, 4.69) is 53.3 Å². The number of benzene rings is 1. The minimum absolute atomic E-state index is 0. The first kappa shape index (κ1) is 22.2. The first-order valence-corrected chi connectivity index (χ1v) is 8.93. The summed E-state index contributed by atoms with van der Waals surface area (Å²) >= 11 is 0. The predicted octanol–water partition coefficient (Wildman–Crippen LogP) is 2.50. The van der Waals surface area contributed by atoms with Gasteiger partial charge in [-0.1, -0.05) is 44.2 Å². The molecule has 1 fully saturated rings. The number of hydrogen-bond donors (Lipinski definition) is 2. The molecule has 5 nitrogen and oxygen atoms in total. The van der Waals surface area contributed by atoms with Crippen molar-refractivity contribution in [3.05, 3.63) is 35.9 Å². The second-order valence-corrected chi connectivity index (χ2v) is 7.26. The number of nitrogens with two attached hydrogens (primary N) is 1. The molecule has 0 aromatic heterocycles. The Bertz CT molecular complexity index is 501. The zero-order chi connectivity index (χ0) is 17.3. The molecule has 1 aromatic carbocycles. The Balaban J connectivity index is 0.00000312. The summed E-state index contributed by atoms with van der Waals surface area (Å²) < 4.78 is 5.35. The van der Waals surface area contributed by atoms with Gasteiger partial charge in [-0.05, 0) is 30.4 Å². The van der Waals surface area contributed by atoms with E-state index < -0.39 is 0 Å². The fraction of sp³-hybridized carbons (Fsp3) is 0.632. The molecule has 0 saturated carbocycles. The van der Waals surface area contributed by atoms with E-state index in [1.54, 1.807) is 0 Å². The molecule has 0 atom stereocenters. The van der Waals surface area contributed by atoms with Crippen LogP contribution in [0.1, 0.15) is 25.8 Å². The molecule has 0 spiro atoms. The van der Waals surface area contributed by atoms with E-state index >= 15 is 0 Å². The van der Waals surface area contributed by atoms with Crippen LogP contribution >= 0.6 is 24.0 Å². The zero-order valence-corrected chi connectivity index (χ0v) is 17.9. The highest BCUT2D eigenvalue weighted by Gasteiger charge is 2.18. The third kappa shape index (κ3) is 9.42. The Morgan fingerprint density at radius 1 is 1.24 bits per heavy atom. The monoisotopic (exact) mass is 460 g/mol. The normalized spacial score (nSPS) is 16.3. The molecule has 0 radical (unpaired) electrons. The Hall–Kier alpha value is -0.860. The van der Waals surface area contributed by atoms with Crippen LogP contribution in [0.15, 0.2) is 35.3 Å². The molecular weight excluding hydrogens is 427 g/mol. The van der Waals surface area contributed by atoms with Gasteiger partial charge in [0.05, 0.1) is 13.2 Å². The number of rotatable bonds is 8. The largest absolute Gasteiger partial charge is 0.379 e. The maximum Gasteiger partial charge on any atom is 0.188 e. The van der Waals surface area contributed by atoms with Crippen LogP contribution in [0.2, 0.25) is 0 Å². The molecule has 1 heterocycles. The molecule has 1 aromatic rings. The molecule has 2 rings (SSSR count). The predicted molar refractivity (Wildman–Crippen MR) is 116 cm³/mol. The summed E-state index contributed by atoms with van der Waals surface area (Å²) in [5.41, 5.74) is 7.44. The van der Waals surface area contributed by atoms with Gasteiger partial charge in [-0.25, -0.2) is 0 Å². The van der Waals surface area contributed by atoms with Crippen LogP contribution in [-0.4, -0.2) is 56.8 Å². The van der Waals surface area contributed by atoms with Crippen LogP contribution in [0.5, 0.6) is 0 Å². The van der Waals surface area contributed by atoms with Crippen LogP contribution in [0, 0.1) is 5.41 Å². The first-order chi connectivity index (χ1) is 11.6. The first-order valence-electron chi connectivity index (χ1n) is 8.93. The molecule has 142 valence electrons. The topological polar surface area (TPSA) is 62.9 Å². The van der Waals surface area contributed by atoms with Gasteiger partial charge >= 0.3 is 0 Å². The second kappa shape index (κ2) is 11.7. The molecule has 0 amide bonds. The lowest BCUT2D eigenvalue weighted by atomic mass is 9.86. The molecule has 0 aliphatic carbocycles. The maximum absolute atomic E-state index is 6.00. The summed E-state index contributed by atoms with van der Waals surface area (Å²) in [4.78, 5) is 6.96. The Kier molecular flexibility index (Phi) is 10.4. The number of morpholine rings is 1. The number of guanidine groups is 1. The van der Waals surface area contributed by atoms with E-state index in [1.165, 1.54) is 5.56 Å². The minimum atomic E-state index is 0. The molecule has 1 aliphatic heterocycles. The lowest BCUT2D eigenvalue weighted by Crippen LogP contribution is -2.39. The molecule has 3 N–H and O–H groups in total. The standard InChI is InChI=1S/C19H32N4O.HI/c1-19(2,15-17-7-4-3-5-8-17)16-22-18(20)21-9-6-10-23-11-13-24-14-12-23;/h3-5,7-8H,6,9-16H2,1-2H3,(H3,20,21,22);1H. The maximum atomic E-state index is 6.00. The van der Waals surface area contributed by atoms with Crippen LogP contribution in [-0.2, 0) is 11.2 Å². The van der Waals surface area contributed by atoms with Gasteiger partial charge < -0.3 is 15.8 Å². The fourth-order valence-corrected chi connectivity index (χ4v) is 2.90. The smallest absolute Gasteiger partial charge is 0.188 e. The van der Waals surface area contributed by atoms with Crippen LogP contribution < -0.4 is 11.1 Å². The van der Waals surface area contributed by atoms with Gasteiger partial charge in [0.25, 0.3) is 0 Å². The average molecular weight is 460 g/mol. The Morgan fingerprint density at radius 3 is 2.60 bits per heavy atom. The number of nitrogens with one attached hydrogen (secondary N) is 1. The van der Waals surface area contributed by atoms with Gasteiger partial charge in [0, 0.05) is 26.2 Å². The van der Waals surface area contributed by atoms with Crippen LogP contribution in [0.4, 0.5) is 0 Å². The van der Waals surface area contributed by atoms with Crippen LogP contribution in [0.3, 0.4) is 0 Å². The number of aliphatic imine (C=N–C) groups is 1. The summed E-state index contributed by atoms with van der Waals surface area (Å²) in [5.74, 6) is 0.554. The van der Waals surface area contributed by atoms with Crippen molar-refractivity contribution in [2.75, 3.05) is 45.9 Å². The summed E-state index contributed by atoms with van der Waals surface area (Å²) in [6.07, 6.45) is 2.07. The van der Waals surface area contributed by atoms with Crippen molar-refractivity contribution in [2.45, 2.75) is 26.7 Å². The highest BCUT2D eigenvalue weighted by atomic mass is 127. The van der Waals surface area contributed by atoms with Gasteiger partial charge in [-0.3, -0.25) is 9.89 Å². The Labute approximate surface area is 169 Å². The summed E-state index contributed by atoms with van der Waals surface area (Å²) in [6.45, 7) is 10.9. The van der Waals surface area contributed by atoms with Gasteiger partial charge in [0.15, 0.2) is 5.96 Å². The van der Waals surface area contributed by atoms with E-state index in [-0.39, 0.29) is 29.4 Å². The van der Waals surface area contributed by atoms with Crippen molar-refractivity contribution >= 4 is 29.9 Å². The number of nitrogens with zero attached hydrogens (tertiary/aromatic N) is 2. The number of ether oxygens (including phenoxy) is 1. The minimum Gasteiger partial charge on any atom is -0.379 e. The van der Waals surface area contributed by atoms with Crippen LogP contribution in [0.25, 0.3) is 0 Å². The van der Waals surface area contributed by atoms with Gasteiger partial charge in [-0.15, -0.1) is 24.0 Å². The zero-order valence-electron chi connectivity index (χ0n) is 15.5. The number of halogens is 1. The third-order valence-electron chi connectivity index (χ3n) is 4.26. The van der Waals surface area contributed by atoms with Gasteiger partial charge in [0.1, 0.15) is 0 Å². The van der Waals surface area contributed by atoms with Crippen molar-refractivity contribution in [3.63, 3.8) is 0 Å². The van der Waals surface area contributed by atoms with E-state index in [0.717, 1.165) is 58.8 Å². The molecule has 6 heteroatoms. The highest BCUT2D eigenvalue weighted by molar-refractivity contribution is 14.0. The lowest BCUT2D eigenvalue weighted by molar-refractivity contribution is 0.0376. The lowest BCUT2D eigenvalue weighted by Gasteiger charge is -2.26. The highest BCUT2D eigenvalue weighted by Crippen LogP contribution is 2.21. The van der Waals surface area contributed by atoms with Crippen molar-refractivity contribution in [1.29, 1.82) is 0 Å². The Morgan fingerprint density at radius 2 is 1.92 bits per heavy atom. The quantitative estimate of drug-likeness (QED) is 0.271. The number of hydrogen-bond acceptors (Lipinski definition) is 3. The molecular formula is C19H33IN4O. The second-order valence-electron chi connectivity index (χ2n) is 7.26. The summed E-state index contributed by atoms with van der Waals surface area (Å²) in [5, 5.41) is 3.23. The molecule has 0 bridgehead atoms. The van der Waals surface area contributed by atoms with E-state index in [1.807, 2.05) is 6.07 Å². The summed E-state index contributed by atoms with van der Waals surface area (Å²) in [6, 6.07) is 10.5. The SMILES string of the molecule is CC(C)(CN=C(N)NCCCN1CCOCC1)Cc1ccccc1.I. The van der Waals surface area contributed by atoms with Crippen molar-refractivity contribution in [1.82, 2.24) is 10.2 Å². The summed E-state index contributed by atoms with van der Waals surface area (Å²) in [7, 11) is 0. The molecule has 0 unspecified atom stereocenters. The van der Waals surface area contributed by atoms with Gasteiger partial charge in [0.2, 0.25) is 0 Å². The molecule has 1 aliphatic rings. The van der Waals surface area contributed by atoms with Gasteiger partial charge in [-0.2, -0.15) is 0 Å². The molecule has 1 saturated heterocycles. The van der Waals surface area contributed by atoms with E-state index in [9.17, 15) is 0 Å². The van der Waals surface area contributed by atoms with Crippen molar-refractivity contribution < 1.29 is 4.74 Å². The van der Waals surface area contributed by atoms with Crippen molar-refractivity contribution in [2.24, 2.45) is 16.1 Å². The van der Waals surface area contributed by atoms with E-state index in [4.69, 9.17) is 10.5 Å². The average Bonchev–Trinajstić information content (AvgIpc) is 2.58. The molecule has 25 heavy (non-hydrogen) atoms. The van der Waals surface area contributed by atoms with Crippen molar-refractivity contribution in [3.8, 4) is 0 Å².